The van der Waals surface area contributed by atoms with E-state index in [1.165, 1.54) is 16.7 Å². The number of hydrogen-bond donors (Lipinski definition) is 1. The van der Waals surface area contributed by atoms with Crippen LogP contribution in [-0.4, -0.2) is 29.1 Å². The zero-order valence-electron chi connectivity index (χ0n) is 15.0. The van der Waals surface area contributed by atoms with Crippen molar-refractivity contribution < 1.29 is 9.90 Å². The highest BCUT2D eigenvalue weighted by molar-refractivity contribution is 6.42. The summed E-state index contributed by atoms with van der Waals surface area (Å²) in [6, 6.07) is 12.2. The van der Waals surface area contributed by atoms with Gasteiger partial charge in [-0.05, 0) is 57.0 Å². The Morgan fingerprint density at radius 1 is 1.12 bits per heavy atom. The molecule has 3 nitrogen and oxygen atoms in total. The number of aliphatic carboxylic acids is 1. The predicted molar refractivity (Wildman–Crippen MR) is 106 cm³/mol. The lowest BCUT2D eigenvalue weighted by atomic mass is 9.90. The molecular weight excluding hydrogens is 369 g/mol. The Labute approximate surface area is 164 Å². The number of carbonyl (C=O) groups is 1. The molecule has 1 unspecified atom stereocenters. The Hall–Kier alpha value is -1.55. The van der Waals surface area contributed by atoms with Crippen LogP contribution in [0.4, 0.5) is 0 Å². The van der Waals surface area contributed by atoms with E-state index in [1.54, 1.807) is 6.07 Å². The molecule has 2 aromatic carbocycles. The van der Waals surface area contributed by atoms with Gasteiger partial charge in [-0.15, -0.1) is 0 Å². The fourth-order valence-corrected chi connectivity index (χ4v) is 4.30. The van der Waals surface area contributed by atoms with Crippen molar-refractivity contribution in [2.75, 3.05) is 13.1 Å². The van der Waals surface area contributed by atoms with E-state index >= 15 is 0 Å². The van der Waals surface area contributed by atoms with Gasteiger partial charge in [-0.3, -0.25) is 9.69 Å². The van der Waals surface area contributed by atoms with Crippen molar-refractivity contribution >= 4 is 29.2 Å². The lowest BCUT2D eigenvalue weighted by molar-refractivity contribution is -0.143. The summed E-state index contributed by atoms with van der Waals surface area (Å²) in [4.78, 5) is 13.6. The molecule has 0 amide bonds. The summed E-state index contributed by atoms with van der Waals surface area (Å²) in [5.41, 5.74) is 4.53. The van der Waals surface area contributed by atoms with Crippen molar-refractivity contribution in [3.05, 3.63) is 68.7 Å². The predicted octanol–water partition coefficient (Wildman–Crippen LogP) is 5.50. The van der Waals surface area contributed by atoms with Gasteiger partial charge < -0.3 is 5.11 Å². The Bertz CT molecular complexity index is 793. The Morgan fingerprint density at radius 3 is 2.31 bits per heavy atom. The molecule has 0 radical (unpaired) electrons. The van der Waals surface area contributed by atoms with Gasteiger partial charge in [0.1, 0.15) is 0 Å². The SMILES string of the molecule is Cc1cc(C)cc(C(c2cccc(Cl)c2Cl)N2CCC(C(=O)O)CC2)c1. The van der Waals surface area contributed by atoms with E-state index in [1.807, 2.05) is 12.1 Å². The molecule has 5 heteroatoms. The first-order chi connectivity index (χ1) is 12.4. The minimum atomic E-state index is -0.701. The molecule has 2 aromatic rings. The summed E-state index contributed by atoms with van der Waals surface area (Å²) in [7, 11) is 0. The maximum absolute atomic E-state index is 11.3. The second kappa shape index (κ2) is 7.99. The van der Waals surface area contributed by atoms with E-state index in [0.717, 1.165) is 18.7 Å². The van der Waals surface area contributed by atoms with Crippen LogP contribution in [0.15, 0.2) is 36.4 Å². The average molecular weight is 392 g/mol. The fourth-order valence-electron chi connectivity index (χ4n) is 3.89. The first-order valence-electron chi connectivity index (χ1n) is 8.85. The van der Waals surface area contributed by atoms with Crippen molar-refractivity contribution in [1.82, 2.24) is 4.90 Å². The Balaban J connectivity index is 2.02. The van der Waals surface area contributed by atoms with E-state index < -0.39 is 5.97 Å². The van der Waals surface area contributed by atoms with Gasteiger partial charge in [-0.25, -0.2) is 0 Å². The molecule has 0 spiro atoms. The van der Waals surface area contributed by atoms with Crippen LogP contribution in [0.25, 0.3) is 0 Å². The molecule has 1 N–H and O–H groups in total. The van der Waals surface area contributed by atoms with Gasteiger partial charge >= 0.3 is 5.97 Å². The molecule has 1 aliphatic heterocycles. The van der Waals surface area contributed by atoms with Crippen LogP contribution in [0.3, 0.4) is 0 Å². The second-order valence-corrected chi connectivity index (χ2v) is 7.90. The summed E-state index contributed by atoms with van der Waals surface area (Å²) in [5.74, 6) is -0.964. The number of piperidine rings is 1. The molecule has 0 aliphatic carbocycles. The zero-order chi connectivity index (χ0) is 18.8. The Morgan fingerprint density at radius 2 is 1.73 bits per heavy atom. The number of likely N-dealkylation sites (tertiary alicyclic amines) is 1. The van der Waals surface area contributed by atoms with Crippen molar-refractivity contribution in [2.24, 2.45) is 5.92 Å². The number of hydrogen-bond acceptors (Lipinski definition) is 2. The summed E-state index contributed by atoms with van der Waals surface area (Å²) in [6.07, 6.45) is 1.30. The van der Waals surface area contributed by atoms with Crippen LogP contribution in [0.1, 0.15) is 41.1 Å². The number of nitrogens with zero attached hydrogens (tertiary/aromatic N) is 1. The molecule has 1 saturated heterocycles. The fraction of sp³-hybridized carbons (Fsp3) is 0.381. The van der Waals surface area contributed by atoms with Gasteiger partial charge in [-0.2, -0.15) is 0 Å². The minimum absolute atomic E-state index is 0.0328. The van der Waals surface area contributed by atoms with Crippen molar-refractivity contribution in [3.63, 3.8) is 0 Å². The van der Waals surface area contributed by atoms with Gasteiger partial charge in [0.15, 0.2) is 0 Å². The number of benzene rings is 2. The number of rotatable bonds is 4. The molecule has 1 atom stereocenters. The second-order valence-electron chi connectivity index (χ2n) is 7.12. The van der Waals surface area contributed by atoms with Crippen LogP contribution >= 0.6 is 23.2 Å². The molecular formula is C21H23Cl2NO2. The molecule has 3 rings (SSSR count). The lowest BCUT2D eigenvalue weighted by Crippen LogP contribution is -2.39. The van der Waals surface area contributed by atoms with E-state index in [9.17, 15) is 9.90 Å². The maximum Gasteiger partial charge on any atom is 0.306 e. The number of carboxylic acids is 1. The number of aryl methyl sites for hydroxylation is 2. The van der Waals surface area contributed by atoms with Gasteiger partial charge in [0.05, 0.1) is 22.0 Å². The third-order valence-electron chi connectivity index (χ3n) is 5.08. The van der Waals surface area contributed by atoms with Crippen LogP contribution in [0.5, 0.6) is 0 Å². The Kier molecular flexibility index (Phi) is 5.91. The van der Waals surface area contributed by atoms with Crippen LogP contribution < -0.4 is 0 Å². The number of carboxylic acid groups (broad SMARTS) is 1. The molecule has 1 heterocycles. The van der Waals surface area contributed by atoms with Gasteiger partial charge in [-0.1, -0.05) is 64.7 Å². The molecule has 138 valence electrons. The van der Waals surface area contributed by atoms with E-state index in [-0.39, 0.29) is 12.0 Å². The van der Waals surface area contributed by atoms with Crippen molar-refractivity contribution in [2.45, 2.75) is 32.7 Å². The smallest absolute Gasteiger partial charge is 0.306 e. The molecule has 26 heavy (non-hydrogen) atoms. The van der Waals surface area contributed by atoms with Crippen molar-refractivity contribution in [3.8, 4) is 0 Å². The third kappa shape index (κ3) is 4.06. The molecule has 0 aromatic heterocycles. The summed E-state index contributed by atoms with van der Waals surface area (Å²) < 4.78 is 0. The highest BCUT2D eigenvalue weighted by Gasteiger charge is 2.31. The van der Waals surface area contributed by atoms with Gasteiger partial charge in [0.2, 0.25) is 0 Å². The van der Waals surface area contributed by atoms with E-state index in [2.05, 4.69) is 36.9 Å². The molecule has 0 saturated carbocycles. The van der Waals surface area contributed by atoms with Crippen LogP contribution in [0.2, 0.25) is 10.0 Å². The third-order valence-corrected chi connectivity index (χ3v) is 5.91. The quantitative estimate of drug-likeness (QED) is 0.747. The summed E-state index contributed by atoms with van der Waals surface area (Å²) in [5, 5.41) is 10.4. The minimum Gasteiger partial charge on any atom is -0.481 e. The van der Waals surface area contributed by atoms with E-state index in [4.69, 9.17) is 23.2 Å². The van der Waals surface area contributed by atoms with Crippen LogP contribution in [0, 0.1) is 19.8 Å². The maximum atomic E-state index is 11.3. The number of halogens is 2. The van der Waals surface area contributed by atoms with Gasteiger partial charge in [0, 0.05) is 0 Å². The molecule has 1 fully saturated rings. The van der Waals surface area contributed by atoms with E-state index in [0.29, 0.717) is 22.9 Å². The highest BCUT2D eigenvalue weighted by atomic mass is 35.5. The van der Waals surface area contributed by atoms with Crippen molar-refractivity contribution in [1.29, 1.82) is 0 Å². The summed E-state index contributed by atoms with van der Waals surface area (Å²) in [6.45, 7) is 5.61. The molecule has 1 aliphatic rings. The normalized spacial score (nSPS) is 17.2. The zero-order valence-corrected chi connectivity index (χ0v) is 16.5. The topological polar surface area (TPSA) is 40.5 Å². The average Bonchev–Trinajstić information content (AvgIpc) is 2.58. The standard InChI is InChI=1S/C21H23Cl2NO2/c1-13-10-14(2)12-16(11-13)20(17-4-3-5-18(22)19(17)23)24-8-6-15(7-9-24)21(25)26/h3-5,10-12,15,20H,6-9H2,1-2H3,(H,25,26). The largest absolute Gasteiger partial charge is 0.481 e. The monoisotopic (exact) mass is 391 g/mol. The highest BCUT2D eigenvalue weighted by Crippen LogP contribution is 2.39. The molecule has 0 bridgehead atoms. The first kappa shape index (κ1) is 19.2. The van der Waals surface area contributed by atoms with Crippen LogP contribution in [-0.2, 0) is 4.79 Å². The van der Waals surface area contributed by atoms with Gasteiger partial charge in [0.25, 0.3) is 0 Å². The first-order valence-corrected chi connectivity index (χ1v) is 9.61. The lowest BCUT2D eigenvalue weighted by Gasteiger charge is -2.37. The summed E-state index contributed by atoms with van der Waals surface area (Å²) >= 11 is 12.8.